The van der Waals surface area contributed by atoms with E-state index in [1.54, 1.807) is 12.1 Å². The zero-order valence-corrected chi connectivity index (χ0v) is 10.00. The molecular weight excluding hydrogens is 226 g/mol. The molecule has 0 aliphatic rings. The lowest BCUT2D eigenvalue weighted by Gasteiger charge is -2.14. The number of nitrogens with two attached hydrogens (primary N) is 2. The fraction of sp³-hybridized carbons (Fsp3) is 0.400. The van der Waals surface area contributed by atoms with E-state index in [1.165, 1.54) is 6.07 Å². The molecule has 0 radical (unpaired) electrons. The maximum atomic E-state index is 11.2. The highest BCUT2D eigenvalue weighted by Gasteiger charge is 2.10. The Kier molecular flexibility index (Phi) is 4.43. The average molecular weight is 243 g/mol. The first-order valence-corrected chi connectivity index (χ1v) is 6.56. The lowest BCUT2D eigenvalue weighted by molar-refractivity contribution is 0.579. The molecule has 1 atom stereocenters. The zero-order valence-electron chi connectivity index (χ0n) is 9.18. The monoisotopic (exact) mass is 243 g/mol. The summed E-state index contributed by atoms with van der Waals surface area (Å²) < 4.78 is 22.3. The third-order valence-electron chi connectivity index (χ3n) is 2.28. The lowest BCUT2D eigenvalue weighted by atomic mass is 10.1. The molecule has 90 valence electrons. The largest absolute Gasteiger partial charge is 0.329 e. The quantitative estimate of drug-likeness (QED) is 0.675. The molecule has 0 saturated heterocycles. The van der Waals surface area contributed by atoms with Gasteiger partial charge in [0.05, 0.1) is 4.90 Å². The molecule has 0 spiro atoms. The minimum Gasteiger partial charge on any atom is -0.329 e. The van der Waals surface area contributed by atoms with E-state index < -0.39 is 10.0 Å². The summed E-state index contributed by atoms with van der Waals surface area (Å²) in [5.41, 5.74) is 6.25. The summed E-state index contributed by atoms with van der Waals surface area (Å²) in [6.45, 7) is 3.16. The molecule has 0 amide bonds. The van der Waals surface area contributed by atoms with Gasteiger partial charge in [-0.25, -0.2) is 13.6 Å². The van der Waals surface area contributed by atoms with Crippen LogP contribution in [-0.2, 0) is 10.0 Å². The number of rotatable bonds is 5. The van der Waals surface area contributed by atoms with E-state index >= 15 is 0 Å². The summed E-state index contributed by atoms with van der Waals surface area (Å²) in [4.78, 5) is 0.131. The third kappa shape index (κ3) is 3.57. The van der Waals surface area contributed by atoms with Crippen molar-refractivity contribution in [2.75, 3.05) is 13.1 Å². The second-order valence-corrected chi connectivity index (χ2v) is 5.14. The summed E-state index contributed by atoms with van der Waals surface area (Å²) in [6.07, 6.45) is 0. The first-order chi connectivity index (χ1) is 7.45. The van der Waals surface area contributed by atoms with Gasteiger partial charge in [0, 0.05) is 19.1 Å². The number of hydrogen-bond acceptors (Lipinski definition) is 4. The topological polar surface area (TPSA) is 98.2 Å². The molecule has 0 saturated carbocycles. The van der Waals surface area contributed by atoms with E-state index in [-0.39, 0.29) is 10.9 Å². The van der Waals surface area contributed by atoms with E-state index in [1.807, 2.05) is 13.0 Å². The number of primary sulfonamides is 1. The molecule has 0 fully saturated rings. The van der Waals surface area contributed by atoms with Gasteiger partial charge in [0.25, 0.3) is 0 Å². The van der Waals surface area contributed by atoms with Crippen LogP contribution in [0.25, 0.3) is 0 Å². The van der Waals surface area contributed by atoms with Crippen molar-refractivity contribution in [3.63, 3.8) is 0 Å². The van der Waals surface area contributed by atoms with Crippen LogP contribution >= 0.6 is 0 Å². The third-order valence-corrected chi connectivity index (χ3v) is 3.19. The van der Waals surface area contributed by atoms with Gasteiger partial charge in [-0.3, -0.25) is 0 Å². The molecule has 0 aliphatic carbocycles. The highest BCUT2D eigenvalue weighted by molar-refractivity contribution is 7.89. The Balaban J connectivity index is 2.90. The summed E-state index contributed by atoms with van der Waals surface area (Å²) in [5.74, 6) is 0. The van der Waals surface area contributed by atoms with Gasteiger partial charge in [0.1, 0.15) is 0 Å². The van der Waals surface area contributed by atoms with E-state index in [4.69, 9.17) is 10.9 Å². The van der Waals surface area contributed by atoms with Crippen LogP contribution in [0, 0.1) is 0 Å². The van der Waals surface area contributed by atoms with Crippen molar-refractivity contribution in [1.82, 2.24) is 5.32 Å². The fourth-order valence-corrected chi connectivity index (χ4v) is 1.95. The van der Waals surface area contributed by atoms with Gasteiger partial charge in [0.2, 0.25) is 10.0 Å². The summed E-state index contributed by atoms with van der Waals surface area (Å²) in [5, 5.41) is 8.22. The Labute approximate surface area is 95.9 Å². The molecule has 1 rings (SSSR count). The molecule has 0 aliphatic heterocycles. The summed E-state index contributed by atoms with van der Waals surface area (Å²) in [7, 11) is -3.63. The van der Waals surface area contributed by atoms with Crippen LogP contribution in [0.2, 0.25) is 0 Å². The molecule has 0 heterocycles. The number of hydrogen-bond donors (Lipinski definition) is 3. The Hall–Kier alpha value is -0.950. The van der Waals surface area contributed by atoms with Crippen LogP contribution in [0.1, 0.15) is 18.5 Å². The van der Waals surface area contributed by atoms with Gasteiger partial charge in [-0.2, -0.15) is 0 Å². The van der Waals surface area contributed by atoms with Crippen LogP contribution < -0.4 is 16.2 Å². The molecule has 1 aromatic carbocycles. The predicted octanol–water partition coefficient (Wildman–Crippen LogP) is -0.0567. The van der Waals surface area contributed by atoms with Gasteiger partial charge in [-0.05, 0) is 24.6 Å². The van der Waals surface area contributed by atoms with E-state index in [2.05, 4.69) is 5.32 Å². The van der Waals surface area contributed by atoms with Crippen LogP contribution in [0.15, 0.2) is 29.2 Å². The SMILES string of the molecule is CC(NCCN)c1cccc(S(N)(=O)=O)c1. The van der Waals surface area contributed by atoms with E-state index in [0.717, 1.165) is 5.56 Å². The normalized spacial score (nSPS) is 13.7. The van der Waals surface area contributed by atoms with Crippen molar-refractivity contribution in [3.8, 4) is 0 Å². The van der Waals surface area contributed by atoms with Crippen molar-refractivity contribution < 1.29 is 8.42 Å². The van der Waals surface area contributed by atoms with Crippen molar-refractivity contribution in [1.29, 1.82) is 0 Å². The smallest absolute Gasteiger partial charge is 0.238 e. The molecular formula is C10H17N3O2S. The number of nitrogens with one attached hydrogen (secondary N) is 1. The maximum absolute atomic E-state index is 11.2. The first kappa shape index (κ1) is 13.1. The Bertz CT molecular complexity index is 445. The molecule has 6 heteroatoms. The average Bonchev–Trinajstić information content (AvgIpc) is 2.25. The summed E-state index contributed by atoms with van der Waals surface area (Å²) in [6, 6.07) is 6.63. The lowest BCUT2D eigenvalue weighted by Crippen LogP contribution is -2.25. The Morgan fingerprint density at radius 2 is 2.12 bits per heavy atom. The van der Waals surface area contributed by atoms with Gasteiger partial charge >= 0.3 is 0 Å². The molecule has 0 aromatic heterocycles. The Morgan fingerprint density at radius 3 is 2.69 bits per heavy atom. The van der Waals surface area contributed by atoms with Crippen molar-refractivity contribution in [2.45, 2.75) is 17.9 Å². The first-order valence-electron chi connectivity index (χ1n) is 5.01. The van der Waals surface area contributed by atoms with Crippen molar-refractivity contribution in [2.24, 2.45) is 10.9 Å². The van der Waals surface area contributed by atoms with Gasteiger partial charge in [0.15, 0.2) is 0 Å². The minimum absolute atomic E-state index is 0.0465. The van der Waals surface area contributed by atoms with Crippen LogP contribution in [0.4, 0.5) is 0 Å². The highest BCUT2D eigenvalue weighted by Crippen LogP contribution is 2.16. The second-order valence-electron chi connectivity index (χ2n) is 3.58. The fourth-order valence-electron chi connectivity index (χ4n) is 1.38. The number of benzene rings is 1. The summed E-state index contributed by atoms with van der Waals surface area (Å²) >= 11 is 0. The van der Waals surface area contributed by atoms with E-state index in [0.29, 0.717) is 13.1 Å². The standard InChI is InChI=1S/C10H17N3O2S/c1-8(13-6-5-11)9-3-2-4-10(7-9)16(12,14)15/h2-4,7-8,13H,5-6,11H2,1H3,(H2,12,14,15). The molecule has 1 aromatic rings. The molecule has 5 nitrogen and oxygen atoms in total. The molecule has 1 unspecified atom stereocenters. The van der Waals surface area contributed by atoms with Crippen molar-refractivity contribution in [3.05, 3.63) is 29.8 Å². The van der Waals surface area contributed by atoms with Crippen molar-refractivity contribution >= 4 is 10.0 Å². The van der Waals surface area contributed by atoms with Crippen LogP contribution in [0.5, 0.6) is 0 Å². The highest BCUT2D eigenvalue weighted by atomic mass is 32.2. The van der Waals surface area contributed by atoms with Gasteiger partial charge in [-0.1, -0.05) is 12.1 Å². The van der Waals surface area contributed by atoms with E-state index in [9.17, 15) is 8.42 Å². The molecule has 16 heavy (non-hydrogen) atoms. The number of sulfonamides is 1. The van der Waals surface area contributed by atoms with Gasteiger partial charge in [-0.15, -0.1) is 0 Å². The maximum Gasteiger partial charge on any atom is 0.238 e. The minimum atomic E-state index is -3.63. The predicted molar refractivity (Wildman–Crippen MR) is 63.3 cm³/mol. The second kappa shape index (κ2) is 5.40. The molecule has 0 bridgehead atoms. The van der Waals surface area contributed by atoms with Crippen LogP contribution in [0.3, 0.4) is 0 Å². The van der Waals surface area contributed by atoms with Crippen LogP contribution in [-0.4, -0.2) is 21.5 Å². The molecule has 5 N–H and O–H groups in total. The van der Waals surface area contributed by atoms with Gasteiger partial charge < -0.3 is 11.1 Å². The Morgan fingerprint density at radius 1 is 1.44 bits per heavy atom. The zero-order chi connectivity index (χ0) is 12.2.